The Morgan fingerprint density at radius 3 is 1.80 bits per heavy atom. The van der Waals surface area contributed by atoms with Gasteiger partial charge in [-0.25, -0.2) is 4.79 Å². The lowest BCUT2D eigenvalue weighted by atomic mass is 10.2. The van der Waals surface area contributed by atoms with Crippen LogP contribution in [0.1, 0.15) is 0 Å². The first kappa shape index (κ1) is 33.1. The van der Waals surface area contributed by atoms with E-state index < -0.39 is 35.8 Å². The number of carboxylic acid groups (broad SMARTS) is 1. The molecule has 0 saturated carbocycles. The fraction of sp³-hybridized carbons (Fsp3) is 0.750. The van der Waals surface area contributed by atoms with E-state index in [1.54, 1.807) is 4.90 Å². The average molecular weight is 620 g/mol. The van der Waals surface area contributed by atoms with Crippen molar-refractivity contribution in [3.8, 4) is 0 Å². The van der Waals surface area contributed by atoms with Gasteiger partial charge in [-0.2, -0.15) is 0 Å². The molecule has 3 N–H and O–H groups in total. The first-order valence-corrected chi connectivity index (χ1v) is 15.7. The molecule has 0 aromatic rings. The standard InChI is InChI=1S/C15H21N3O6S.C5H7NO3S.C4H9NO/c19-12-10-25-9-11(13(20)16-1-5-23-6-2-16)18(12)15(22)14(21)17-3-7-24-8-4-17;7-4-2-10-1-3(6-4)5(8)9;1-3-6-4-2-5-1/h11H,1-10H2;3H,1-2H2,(H,6,7)(H,8,9);5H,1-4H2. The van der Waals surface area contributed by atoms with Crippen molar-refractivity contribution in [1.29, 1.82) is 0 Å². The predicted octanol–water partition coefficient (Wildman–Crippen LogP) is -2.92. The van der Waals surface area contributed by atoms with Gasteiger partial charge in [0.1, 0.15) is 12.1 Å². The number of nitrogens with zero attached hydrogens (tertiary/aromatic N) is 3. The highest BCUT2D eigenvalue weighted by atomic mass is 32.2. The second kappa shape index (κ2) is 17.5. The first-order valence-electron chi connectivity index (χ1n) is 13.3. The average Bonchev–Trinajstić information content (AvgIpc) is 3.02. The molecule has 2 atom stereocenters. The van der Waals surface area contributed by atoms with Gasteiger partial charge < -0.3 is 39.8 Å². The third kappa shape index (κ3) is 10.4. The zero-order chi connectivity index (χ0) is 29.6. The molecule has 41 heavy (non-hydrogen) atoms. The Hall–Kier alpha value is -2.44. The quantitative estimate of drug-likeness (QED) is 0.268. The van der Waals surface area contributed by atoms with E-state index in [1.807, 2.05) is 0 Å². The maximum absolute atomic E-state index is 12.8. The molecule has 5 fully saturated rings. The molecule has 230 valence electrons. The number of carbonyl (C=O) groups excluding carboxylic acids is 5. The molecule has 0 spiro atoms. The van der Waals surface area contributed by atoms with Crippen LogP contribution in [0.3, 0.4) is 0 Å². The van der Waals surface area contributed by atoms with Crippen LogP contribution in [0.4, 0.5) is 0 Å². The van der Waals surface area contributed by atoms with Gasteiger partial charge in [-0.3, -0.25) is 28.9 Å². The number of amides is 5. The van der Waals surface area contributed by atoms with Crippen LogP contribution >= 0.6 is 23.5 Å². The Balaban J connectivity index is 0.000000235. The fourth-order valence-electron chi connectivity index (χ4n) is 4.21. The molecule has 0 aliphatic carbocycles. The van der Waals surface area contributed by atoms with E-state index in [9.17, 15) is 28.8 Å². The molecule has 0 bridgehead atoms. The number of rotatable bonds is 2. The van der Waals surface area contributed by atoms with Gasteiger partial charge in [0.05, 0.1) is 51.1 Å². The van der Waals surface area contributed by atoms with Crippen LogP contribution < -0.4 is 10.6 Å². The van der Waals surface area contributed by atoms with E-state index in [0.717, 1.165) is 31.2 Å². The van der Waals surface area contributed by atoms with Gasteiger partial charge in [0, 0.05) is 50.8 Å². The lowest BCUT2D eigenvalue weighted by Crippen LogP contribution is -2.61. The number of hydrogen-bond acceptors (Lipinski definition) is 12. The summed E-state index contributed by atoms with van der Waals surface area (Å²) in [6.45, 7) is 6.88. The van der Waals surface area contributed by atoms with Crippen molar-refractivity contribution >= 4 is 59.0 Å². The minimum absolute atomic E-state index is 0.0923. The molecule has 15 nitrogen and oxygen atoms in total. The van der Waals surface area contributed by atoms with E-state index in [2.05, 4.69) is 10.6 Å². The maximum atomic E-state index is 12.8. The third-order valence-electron chi connectivity index (χ3n) is 6.39. The van der Waals surface area contributed by atoms with E-state index in [1.165, 1.54) is 28.4 Å². The molecule has 5 heterocycles. The summed E-state index contributed by atoms with van der Waals surface area (Å²) < 4.78 is 15.4. The summed E-state index contributed by atoms with van der Waals surface area (Å²) in [5.74, 6) is -2.35. The lowest BCUT2D eigenvalue weighted by molar-refractivity contribution is -0.163. The summed E-state index contributed by atoms with van der Waals surface area (Å²) in [6.07, 6.45) is 0. The molecule has 2 unspecified atom stereocenters. The van der Waals surface area contributed by atoms with Crippen LogP contribution in [0, 0.1) is 0 Å². The van der Waals surface area contributed by atoms with Crippen molar-refractivity contribution in [2.24, 2.45) is 0 Å². The predicted molar refractivity (Wildman–Crippen MR) is 148 cm³/mol. The Morgan fingerprint density at radius 2 is 1.32 bits per heavy atom. The molecule has 5 saturated heterocycles. The second-order valence-corrected chi connectivity index (χ2v) is 11.3. The van der Waals surface area contributed by atoms with Crippen LogP contribution in [0.2, 0.25) is 0 Å². The van der Waals surface area contributed by atoms with Crippen LogP contribution in [0.15, 0.2) is 0 Å². The van der Waals surface area contributed by atoms with Crippen molar-refractivity contribution in [2.45, 2.75) is 12.1 Å². The largest absolute Gasteiger partial charge is 0.480 e. The minimum Gasteiger partial charge on any atom is -0.480 e. The molecule has 5 aliphatic rings. The number of morpholine rings is 3. The van der Waals surface area contributed by atoms with Crippen LogP contribution in [0.5, 0.6) is 0 Å². The second-order valence-electron chi connectivity index (χ2n) is 9.28. The summed E-state index contributed by atoms with van der Waals surface area (Å²) in [5, 5.41) is 13.9. The molecule has 0 radical (unpaired) electrons. The topological polar surface area (TPSA) is 184 Å². The van der Waals surface area contributed by atoms with Gasteiger partial charge >= 0.3 is 17.8 Å². The van der Waals surface area contributed by atoms with Gasteiger partial charge in [-0.15, -0.1) is 23.5 Å². The highest BCUT2D eigenvalue weighted by Crippen LogP contribution is 2.21. The Kier molecular flexibility index (Phi) is 14.1. The van der Waals surface area contributed by atoms with Gasteiger partial charge in [-0.1, -0.05) is 0 Å². The zero-order valence-corrected chi connectivity index (χ0v) is 24.4. The molecule has 0 aromatic heterocycles. The van der Waals surface area contributed by atoms with E-state index in [0.29, 0.717) is 69.9 Å². The van der Waals surface area contributed by atoms with Gasteiger partial charge in [0.25, 0.3) is 0 Å². The number of thioether (sulfide) groups is 2. The Bertz CT molecular complexity index is 928. The molecule has 5 rings (SSSR count). The van der Waals surface area contributed by atoms with Crippen LogP contribution in [-0.2, 0) is 43.0 Å². The number of carboxylic acids is 1. The van der Waals surface area contributed by atoms with Crippen molar-refractivity contribution in [3.05, 3.63) is 0 Å². The molecule has 5 amide bonds. The fourth-order valence-corrected chi connectivity index (χ4v) is 6.00. The normalized spacial score (nSPS) is 25.0. The summed E-state index contributed by atoms with van der Waals surface area (Å²) in [7, 11) is 0. The van der Waals surface area contributed by atoms with Crippen molar-refractivity contribution in [2.75, 3.05) is 102 Å². The Morgan fingerprint density at radius 1 is 0.756 bits per heavy atom. The smallest absolute Gasteiger partial charge is 0.327 e. The monoisotopic (exact) mass is 619 g/mol. The molecule has 0 aromatic carbocycles. The molecule has 5 aliphatic heterocycles. The summed E-state index contributed by atoms with van der Waals surface area (Å²) in [4.78, 5) is 74.9. The summed E-state index contributed by atoms with van der Waals surface area (Å²) >= 11 is 2.65. The molecular weight excluding hydrogens is 582 g/mol. The van der Waals surface area contributed by atoms with E-state index in [4.69, 9.17) is 19.3 Å². The highest BCUT2D eigenvalue weighted by molar-refractivity contribution is 8.00. The van der Waals surface area contributed by atoms with Crippen molar-refractivity contribution < 1.29 is 48.1 Å². The molecule has 17 heteroatoms. The SMILES string of the molecule is C1COCCN1.O=C(C(=O)N1C(=O)CSCC1C(=O)N1CCOCC1)N1CCOCC1.O=C1CSCC(C(=O)O)N1. The lowest BCUT2D eigenvalue weighted by Gasteiger charge is -2.37. The van der Waals surface area contributed by atoms with Crippen LogP contribution in [-0.4, -0.2) is 169 Å². The van der Waals surface area contributed by atoms with Crippen LogP contribution in [0.25, 0.3) is 0 Å². The number of nitrogens with one attached hydrogen (secondary N) is 2. The van der Waals surface area contributed by atoms with Gasteiger partial charge in [0.15, 0.2) is 0 Å². The first-order chi connectivity index (χ1) is 19.8. The third-order valence-corrected chi connectivity index (χ3v) is 8.42. The van der Waals surface area contributed by atoms with Crippen molar-refractivity contribution in [1.82, 2.24) is 25.3 Å². The highest BCUT2D eigenvalue weighted by Gasteiger charge is 2.43. The van der Waals surface area contributed by atoms with Gasteiger partial charge in [-0.05, 0) is 0 Å². The number of imide groups is 1. The number of carbonyl (C=O) groups is 6. The number of ether oxygens (including phenoxy) is 3. The number of hydrogen-bond donors (Lipinski definition) is 3. The zero-order valence-electron chi connectivity index (χ0n) is 22.7. The Labute approximate surface area is 246 Å². The summed E-state index contributed by atoms with van der Waals surface area (Å²) in [6, 6.07) is -1.62. The van der Waals surface area contributed by atoms with Gasteiger partial charge in [0.2, 0.25) is 17.7 Å². The van der Waals surface area contributed by atoms with E-state index in [-0.39, 0.29) is 17.6 Å². The molecular formula is C24H37N5O10S2. The maximum Gasteiger partial charge on any atom is 0.327 e. The minimum atomic E-state index is -0.958. The number of aliphatic carboxylic acids is 1. The van der Waals surface area contributed by atoms with E-state index >= 15 is 0 Å². The summed E-state index contributed by atoms with van der Waals surface area (Å²) in [5.41, 5.74) is 0. The van der Waals surface area contributed by atoms with Crippen molar-refractivity contribution in [3.63, 3.8) is 0 Å².